The molecule has 5 nitrogen and oxygen atoms in total. The Bertz CT molecular complexity index is 790. The number of methoxy groups -OCH3 is 1. The SMILES string of the molecule is COc1ccc(-c2noc(C(N)Cc3ccccc3)n2)cc1F. The van der Waals surface area contributed by atoms with Gasteiger partial charge in [-0.1, -0.05) is 35.5 Å². The molecule has 0 spiro atoms. The monoisotopic (exact) mass is 313 g/mol. The average molecular weight is 313 g/mol. The molecule has 1 aromatic heterocycles. The molecule has 0 aliphatic carbocycles. The zero-order chi connectivity index (χ0) is 16.2. The average Bonchev–Trinajstić information content (AvgIpc) is 3.06. The van der Waals surface area contributed by atoms with Crippen molar-refractivity contribution in [1.29, 1.82) is 0 Å². The fourth-order valence-corrected chi connectivity index (χ4v) is 2.26. The number of halogens is 1. The summed E-state index contributed by atoms with van der Waals surface area (Å²) in [6, 6.07) is 13.9. The molecular weight excluding hydrogens is 297 g/mol. The van der Waals surface area contributed by atoms with Crippen LogP contribution in [-0.4, -0.2) is 17.3 Å². The zero-order valence-corrected chi connectivity index (χ0v) is 12.6. The fraction of sp³-hybridized carbons (Fsp3) is 0.176. The molecule has 6 heteroatoms. The minimum absolute atomic E-state index is 0.165. The van der Waals surface area contributed by atoms with Gasteiger partial charge in [-0.2, -0.15) is 4.98 Å². The Morgan fingerprint density at radius 3 is 2.70 bits per heavy atom. The molecule has 3 rings (SSSR count). The Morgan fingerprint density at radius 2 is 2.00 bits per heavy atom. The van der Waals surface area contributed by atoms with E-state index in [4.69, 9.17) is 15.0 Å². The Labute approximate surface area is 132 Å². The number of nitrogens with zero attached hydrogens (tertiary/aromatic N) is 2. The van der Waals surface area contributed by atoms with Gasteiger partial charge < -0.3 is 15.0 Å². The number of rotatable bonds is 5. The number of benzene rings is 2. The van der Waals surface area contributed by atoms with Crippen LogP contribution < -0.4 is 10.5 Å². The minimum atomic E-state index is -0.482. The normalized spacial score (nSPS) is 12.1. The first-order valence-electron chi connectivity index (χ1n) is 7.14. The summed E-state index contributed by atoms with van der Waals surface area (Å²) in [7, 11) is 1.41. The third-order valence-electron chi connectivity index (χ3n) is 3.47. The van der Waals surface area contributed by atoms with E-state index < -0.39 is 11.9 Å². The molecule has 0 saturated heterocycles. The first-order valence-corrected chi connectivity index (χ1v) is 7.14. The summed E-state index contributed by atoms with van der Waals surface area (Å²) in [5.41, 5.74) is 7.69. The third-order valence-corrected chi connectivity index (χ3v) is 3.47. The maximum absolute atomic E-state index is 13.8. The number of ether oxygens (including phenoxy) is 1. The lowest BCUT2D eigenvalue weighted by atomic mass is 10.1. The van der Waals surface area contributed by atoms with E-state index in [1.54, 1.807) is 6.07 Å². The maximum atomic E-state index is 13.8. The Morgan fingerprint density at radius 1 is 1.22 bits per heavy atom. The first kappa shape index (κ1) is 15.2. The van der Waals surface area contributed by atoms with Crippen LogP contribution in [0.4, 0.5) is 4.39 Å². The van der Waals surface area contributed by atoms with Crippen LogP contribution in [0.25, 0.3) is 11.4 Å². The van der Waals surface area contributed by atoms with Crippen molar-refractivity contribution in [3.63, 3.8) is 0 Å². The van der Waals surface area contributed by atoms with Gasteiger partial charge in [0.05, 0.1) is 13.2 Å². The van der Waals surface area contributed by atoms with Crippen LogP contribution in [0.1, 0.15) is 17.5 Å². The van der Waals surface area contributed by atoms with Crippen molar-refractivity contribution in [3.8, 4) is 17.1 Å². The topological polar surface area (TPSA) is 74.2 Å². The van der Waals surface area contributed by atoms with Crippen LogP contribution in [0.3, 0.4) is 0 Å². The van der Waals surface area contributed by atoms with Crippen LogP contribution in [0.5, 0.6) is 5.75 Å². The van der Waals surface area contributed by atoms with E-state index in [0.717, 1.165) is 5.56 Å². The van der Waals surface area contributed by atoms with Gasteiger partial charge in [-0.05, 0) is 30.2 Å². The van der Waals surface area contributed by atoms with Gasteiger partial charge in [0.25, 0.3) is 0 Å². The molecule has 0 aliphatic heterocycles. The van der Waals surface area contributed by atoms with E-state index in [2.05, 4.69) is 10.1 Å². The van der Waals surface area contributed by atoms with E-state index in [0.29, 0.717) is 23.7 Å². The largest absolute Gasteiger partial charge is 0.494 e. The van der Waals surface area contributed by atoms with E-state index in [9.17, 15) is 4.39 Å². The predicted molar refractivity (Wildman–Crippen MR) is 83.3 cm³/mol. The molecular formula is C17H16FN3O2. The Hall–Kier alpha value is -2.73. The van der Waals surface area contributed by atoms with Gasteiger partial charge in [0.15, 0.2) is 11.6 Å². The minimum Gasteiger partial charge on any atom is -0.494 e. The Balaban J connectivity index is 1.78. The van der Waals surface area contributed by atoms with Crippen molar-refractivity contribution in [1.82, 2.24) is 10.1 Å². The lowest BCUT2D eigenvalue weighted by molar-refractivity contribution is 0.354. The van der Waals surface area contributed by atoms with Crippen LogP contribution in [-0.2, 0) is 6.42 Å². The maximum Gasteiger partial charge on any atom is 0.244 e. The van der Waals surface area contributed by atoms with Crippen molar-refractivity contribution in [3.05, 3.63) is 65.8 Å². The van der Waals surface area contributed by atoms with Crippen molar-refractivity contribution in [2.24, 2.45) is 5.73 Å². The molecule has 2 N–H and O–H groups in total. The van der Waals surface area contributed by atoms with Crippen molar-refractivity contribution in [2.45, 2.75) is 12.5 Å². The predicted octanol–water partition coefficient (Wildman–Crippen LogP) is 3.13. The molecule has 0 amide bonds. The van der Waals surface area contributed by atoms with Crippen molar-refractivity contribution in [2.75, 3.05) is 7.11 Å². The molecule has 0 fully saturated rings. The molecule has 23 heavy (non-hydrogen) atoms. The molecule has 2 aromatic carbocycles. The summed E-state index contributed by atoms with van der Waals surface area (Å²) in [6.45, 7) is 0. The Kier molecular flexibility index (Phi) is 4.34. The van der Waals surface area contributed by atoms with Crippen LogP contribution in [0, 0.1) is 5.82 Å². The molecule has 0 aliphatic rings. The summed E-state index contributed by atoms with van der Waals surface area (Å²) >= 11 is 0. The van der Waals surface area contributed by atoms with Gasteiger partial charge in [-0.15, -0.1) is 0 Å². The van der Waals surface area contributed by atoms with E-state index in [-0.39, 0.29) is 5.75 Å². The summed E-state index contributed by atoms with van der Waals surface area (Å²) in [4.78, 5) is 4.26. The number of aromatic nitrogens is 2. The fourth-order valence-electron chi connectivity index (χ4n) is 2.26. The molecule has 118 valence electrons. The molecule has 0 radical (unpaired) electrons. The smallest absolute Gasteiger partial charge is 0.244 e. The third kappa shape index (κ3) is 3.37. The highest BCUT2D eigenvalue weighted by Crippen LogP contribution is 2.24. The molecule has 1 unspecified atom stereocenters. The first-order chi connectivity index (χ1) is 11.2. The highest BCUT2D eigenvalue weighted by atomic mass is 19.1. The van der Waals surface area contributed by atoms with Crippen molar-refractivity contribution < 1.29 is 13.7 Å². The van der Waals surface area contributed by atoms with Gasteiger partial charge in [0, 0.05) is 5.56 Å². The van der Waals surface area contributed by atoms with Gasteiger partial charge >= 0.3 is 0 Å². The number of nitrogens with two attached hydrogens (primary N) is 1. The summed E-state index contributed by atoms with van der Waals surface area (Å²) in [5, 5.41) is 3.87. The molecule has 0 saturated carbocycles. The van der Waals surface area contributed by atoms with E-state index >= 15 is 0 Å². The van der Waals surface area contributed by atoms with Crippen molar-refractivity contribution >= 4 is 0 Å². The zero-order valence-electron chi connectivity index (χ0n) is 12.6. The van der Waals surface area contributed by atoms with Gasteiger partial charge in [-0.3, -0.25) is 0 Å². The second kappa shape index (κ2) is 6.58. The van der Waals surface area contributed by atoms with E-state index in [1.807, 2.05) is 30.3 Å². The molecule has 1 atom stereocenters. The summed E-state index contributed by atoms with van der Waals surface area (Å²) in [6.07, 6.45) is 0.583. The van der Waals surface area contributed by atoms with Gasteiger partial charge in [-0.25, -0.2) is 4.39 Å². The lowest BCUT2D eigenvalue weighted by Gasteiger charge is -2.06. The lowest BCUT2D eigenvalue weighted by Crippen LogP contribution is -2.13. The highest BCUT2D eigenvalue weighted by Gasteiger charge is 2.17. The number of hydrogen-bond acceptors (Lipinski definition) is 5. The molecule has 0 bridgehead atoms. The second-order valence-electron chi connectivity index (χ2n) is 5.10. The van der Waals surface area contributed by atoms with E-state index in [1.165, 1.54) is 19.2 Å². The quantitative estimate of drug-likeness (QED) is 0.783. The second-order valence-corrected chi connectivity index (χ2v) is 5.10. The van der Waals surface area contributed by atoms with Gasteiger partial charge in [0.2, 0.25) is 11.7 Å². The number of hydrogen-bond donors (Lipinski definition) is 1. The van der Waals surface area contributed by atoms with Gasteiger partial charge in [0.1, 0.15) is 0 Å². The standard InChI is InChI=1S/C17H16FN3O2/c1-22-15-8-7-12(10-13(15)18)16-20-17(23-21-16)14(19)9-11-5-3-2-4-6-11/h2-8,10,14H,9,19H2,1H3. The summed E-state index contributed by atoms with van der Waals surface area (Å²) in [5.74, 6) is 0.299. The van der Waals surface area contributed by atoms with Crippen LogP contribution in [0.15, 0.2) is 53.1 Å². The molecule has 1 heterocycles. The highest BCUT2D eigenvalue weighted by molar-refractivity contribution is 5.56. The van der Waals surface area contributed by atoms with Crippen LogP contribution in [0.2, 0.25) is 0 Å². The summed E-state index contributed by atoms with van der Waals surface area (Å²) < 4.78 is 23.8. The van der Waals surface area contributed by atoms with Crippen LogP contribution >= 0.6 is 0 Å². The molecule has 3 aromatic rings.